The minimum absolute atomic E-state index is 0.0325. The molecular weight excluding hydrogens is 454 g/mol. The number of amides is 1. The van der Waals surface area contributed by atoms with E-state index in [0.29, 0.717) is 17.9 Å². The number of hydrogen-bond donors (Lipinski definition) is 1. The quantitative estimate of drug-likeness (QED) is 0.439. The van der Waals surface area contributed by atoms with Gasteiger partial charge < -0.3 is 15.0 Å². The lowest BCUT2D eigenvalue weighted by molar-refractivity contribution is -0.120. The van der Waals surface area contributed by atoms with Gasteiger partial charge in [0.1, 0.15) is 17.6 Å². The van der Waals surface area contributed by atoms with E-state index in [9.17, 15) is 10.1 Å². The van der Waals surface area contributed by atoms with Gasteiger partial charge in [-0.2, -0.15) is 10.4 Å². The largest absolute Gasteiger partial charge is 0.492 e. The number of aromatic nitrogens is 4. The summed E-state index contributed by atoms with van der Waals surface area (Å²) in [6.45, 7) is 5.88. The normalized spacial score (nSPS) is 14.0. The number of hydrogen-bond acceptors (Lipinski definition) is 7. The molecule has 0 atom stereocenters. The molecule has 0 aromatic carbocycles. The molecule has 36 heavy (non-hydrogen) atoms. The average Bonchev–Trinajstić information content (AvgIpc) is 3.32. The Hall–Kier alpha value is -4.45. The third-order valence-corrected chi connectivity index (χ3v) is 6.43. The molecule has 1 fully saturated rings. The summed E-state index contributed by atoms with van der Waals surface area (Å²) in [5, 5.41) is 16.9. The molecule has 4 aromatic heterocycles. The maximum Gasteiger partial charge on any atom is 0.227 e. The van der Waals surface area contributed by atoms with Crippen molar-refractivity contribution < 1.29 is 9.53 Å². The number of carbonyl (C=O) groups excluding carboxylic acids is 1. The molecule has 5 heterocycles. The second-order valence-electron chi connectivity index (χ2n) is 8.83. The van der Waals surface area contributed by atoms with Gasteiger partial charge in [0.15, 0.2) is 0 Å². The van der Waals surface area contributed by atoms with Crippen LogP contribution in [0.3, 0.4) is 0 Å². The summed E-state index contributed by atoms with van der Waals surface area (Å²) < 4.78 is 7.38. The van der Waals surface area contributed by atoms with Crippen molar-refractivity contribution in [2.45, 2.75) is 26.7 Å². The lowest BCUT2D eigenvalue weighted by atomic mass is 9.95. The van der Waals surface area contributed by atoms with Crippen LogP contribution in [0.4, 0.5) is 11.5 Å². The molecule has 0 spiro atoms. The number of piperidine rings is 1. The van der Waals surface area contributed by atoms with Crippen LogP contribution in [-0.4, -0.2) is 45.2 Å². The predicted octanol–water partition coefficient (Wildman–Crippen LogP) is 4.23. The third kappa shape index (κ3) is 4.70. The first-order chi connectivity index (χ1) is 17.6. The van der Waals surface area contributed by atoms with Gasteiger partial charge in [-0.1, -0.05) is 0 Å². The number of anilines is 2. The Labute approximate surface area is 209 Å². The molecule has 0 unspecified atom stereocenters. The lowest BCUT2D eigenvalue weighted by Gasteiger charge is -2.32. The van der Waals surface area contributed by atoms with Crippen LogP contribution in [0.15, 0.2) is 55.1 Å². The van der Waals surface area contributed by atoms with Crippen molar-refractivity contribution >= 4 is 22.9 Å². The van der Waals surface area contributed by atoms with E-state index in [4.69, 9.17) is 9.72 Å². The fraction of sp³-hybridized carbons (Fsp3) is 0.296. The van der Waals surface area contributed by atoms with E-state index in [-0.39, 0.29) is 11.8 Å². The van der Waals surface area contributed by atoms with Crippen LogP contribution in [-0.2, 0) is 4.79 Å². The number of nitrogens with one attached hydrogen (secondary N) is 1. The van der Waals surface area contributed by atoms with Crippen molar-refractivity contribution in [1.29, 1.82) is 5.26 Å². The summed E-state index contributed by atoms with van der Waals surface area (Å²) >= 11 is 0. The first kappa shape index (κ1) is 23.3. The van der Waals surface area contributed by atoms with E-state index in [0.717, 1.165) is 59.8 Å². The monoisotopic (exact) mass is 481 g/mol. The summed E-state index contributed by atoms with van der Waals surface area (Å²) in [4.78, 5) is 23.8. The van der Waals surface area contributed by atoms with Gasteiger partial charge in [-0.3, -0.25) is 9.78 Å². The third-order valence-electron chi connectivity index (χ3n) is 6.43. The first-order valence-corrected chi connectivity index (χ1v) is 12.0. The van der Waals surface area contributed by atoms with E-state index in [1.165, 1.54) is 0 Å². The molecule has 1 aliphatic heterocycles. The molecule has 182 valence electrons. The fourth-order valence-electron chi connectivity index (χ4n) is 4.62. The molecule has 9 nitrogen and oxygen atoms in total. The summed E-state index contributed by atoms with van der Waals surface area (Å²) in [5.74, 6) is 1.57. The molecule has 1 amide bonds. The number of carbonyl (C=O) groups is 1. The van der Waals surface area contributed by atoms with Crippen LogP contribution in [0.1, 0.15) is 31.0 Å². The number of rotatable bonds is 6. The van der Waals surface area contributed by atoms with Crippen molar-refractivity contribution in [2.75, 3.05) is 29.9 Å². The SMILES string of the molecule is CCOc1cc(-c2ccc(N3CCC(C(=O)Nc4ccnc(C)c4)CC3)nc2)c2c(C#N)cnn2c1. The van der Waals surface area contributed by atoms with Crippen LogP contribution in [0.2, 0.25) is 0 Å². The van der Waals surface area contributed by atoms with Gasteiger partial charge in [-0.15, -0.1) is 0 Å². The minimum Gasteiger partial charge on any atom is -0.492 e. The average molecular weight is 482 g/mol. The van der Waals surface area contributed by atoms with Crippen molar-refractivity contribution in [3.05, 3.63) is 66.4 Å². The fourth-order valence-corrected chi connectivity index (χ4v) is 4.62. The minimum atomic E-state index is -0.0325. The summed E-state index contributed by atoms with van der Waals surface area (Å²) in [7, 11) is 0. The van der Waals surface area contributed by atoms with Gasteiger partial charge in [0.05, 0.1) is 30.1 Å². The first-order valence-electron chi connectivity index (χ1n) is 12.0. The molecular formula is C27H27N7O2. The van der Waals surface area contributed by atoms with Gasteiger partial charge in [-0.05, 0) is 57.0 Å². The highest BCUT2D eigenvalue weighted by molar-refractivity contribution is 5.92. The highest BCUT2D eigenvalue weighted by Crippen LogP contribution is 2.32. The Morgan fingerprint density at radius 3 is 2.72 bits per heavy atom. The zero-order chi connectivity index (χ0) is 25.1. The smallest absolute Gasteiger partial charge is 0.227 e. The predicted molar refractivity (Wildman–Crippen MR) is 137 cm³/mol. The van der Waals surface area contributed by atoms with Crippen LogP contribution >= 0.6 is 0 Å². The Morgan fingerprint density at radius 2 is 2.03 bits per heavy atom. The lowest BCUT2D eigenvalue weighted by Crippen LogP contribution is -2.38. The highest BCUT2D eigenvalue weighted by atomic mass is 16.5. The number of ether oxygens (including phenoxy) is 1. The number of pyridine rings is 3. The van der Waals surface area contributed by atoms with Gasteiger partial charge in [0, 0.05) is 53.9 Å². The summed E-state index contributed by atoms with van der Waals surface area (Å²) in [6.07, 6.45) is 8.39. The zero-order valence-electron chi connectivity index (χ0n) is 20.3. The second kappa shape index (κ2) is 10.0. The van der Waals surface area contributed by atoms with E-state index < -0.39 is 0 Å². The molecule has 0 aliphatic carbocycles. The maximum absolute atomic E-state index is 12.7. The molecule has 0 saturated carbocycles. The van der Waals surface area contributed by atoms with Crippen LogP contribution in [0.25, 0.3) is 16.6 Å². The zero-order valence-corrected chi connectivity index (χ0v) is 20.3. The molecule has 1 aliphatic rings. The summed E-state index contributed by atoms with van der Waals surface area (Å²) in [6, 6.07) is 11.8. The Kier molecular flexibility index (Phi) is 6.50. The van der Waals surface area contributed by atoms with E-state index in [2.05, 4.69) is 26.4 Å². The topological polar surface area (TPSA) is 108 Å². The number of nitriles is 1. The molecule has 1 N–H and O–H groups in total. The molecule has 1 saturated heterocycles. The molecule has 4 aromatic rings. The highest BCUT2D eigenvalue weighted by Gasteiger charge is 2.26. The summed E-state index contributed by atoms with van der Waals surface area (Å²) in [5.41, 5.74) is 4.61. The van der Waals surface area contributed by atoms with E-state index >= 15 is 0 Å². The number of fused-ring (bicyclic) bond motifs is 1. The standard InChI is InChI=1S/C27H27N7O2/c1-3-36-23-13-24(26-21(14-28)16-31-34(26)17-23)20-4-5-25(30-15-20)33-10-7-19(8-11-33)27(35)32-22-6-9-29-18(2)12-22/h4-6,9,12-13,15-17,19H,3,7-8,10-11H2,1-2H3,(H,29,32,35). The Bertz CT molecular complexity index is 1430. The number of nitrogens with zero attached hydrogens (tertiary/aromatic N) is 6. The Morgan fingerprint density at radius 1 is 1.19 bits per heavy atom. The molecule has 0 radical (unpaired) electrons. The van der Waals surface area contributed by atoms with Crippen molar-refractivity contribution in [3.63, 3.8) is 0 Å². The van der Waals surface area contributed by atoms with Crippen molar-refractivity contribution in [3.8, 4) is 22.9 Å². The Balaban J connectivity index is 1.29. The van der Waals surface area contributed by atoms with E-state index in [1.807, 2.05) is 50.4 Å². The van der Waals surface area contributed by atoms with Crippen LogP contribution in [0, 0.1) is 24.2 Å². The van der Waals surface area contributed by atoms with Crippen LogP contribution in [0.5, 0.6) is 5.75 Å². The number of aryl methyl sites for hydroxylation is 1. The van der Waals surface area contributed by atoms with Crippen molar-refractivity contribution in [2.24, 2.45) is 5.92 Å². The van der Waals surface area contributed by atoms with Gasteiger partial charge in [0.25, 0.3) is 0 Å². The van der Waals surface area contributed by atoms with Crippen molar-refractivity contribution in [1.82, 2.24) is 19.6 Å². The van der Waals surface area contributed by atoms with Crippen LogP contribution < -0.4 is 15.0 Å². The second-order valence-corrected chi connectivity index (χ2v) is 8.83. The molecule has 5 rings (SSSR count). The van der Waals surface area contributed by atoms with E-state index in [1.54, 1.807) is 23.1 Å². The van der Waals surface area contributed by atoms with Gasteiger partial charge in [0.2, 0.25) is 5.91 Å². The van der Waals surface area contributed by atoms with Gasteiger partial charge in [-0.25, -0.2) is 9.50 Å². The maximum atomic E-state index is 12.7. The van der Waals surface area contributed by atoms with Gasteiger partial charge >= 0.3 is 0 Å². The molecule has 0 bridgehead atoms. The molecule has 9 heteroatoms.